The third kappa shape index (κ3) is 6.63. The molecule has 3 aliphatic heterocycles. The molecule has 3 saturated heterocycles. The molecule has 7 rings (SSSR count). The summed E-state index contributed by atoms with van der Waals surface area (Å²) in [5.74, 6) is 1.32. The van der Waals surface area contributed by atoms with Crippen LogP contribution in [0.3, 0.4) is 0 Å². The first-order valence-corrected chi connectivity index (χ1v) is 20.2. The van der Waals surface area contributed by atoms with Crippen molar-refractivity contribution in [3.05, 3.63) is 0 Å². The van der Waals surface area contributed by atoms with Crippen LogP contribution in [-0.2, 0) is 23.7 Å². The lowest BCUT2D eigenvalue weighted by Crippen LogP contribution is -2.60. The van der Waals surface area contributed by atoms with E-state index in [-0.39, 0.29) is 47.4 Å². The van der Waals surface area contributed by atoms with E-state index in [0.717, 1.165) is 51.4 Å². The van der Waals surface area contributed by atoms with Gasteiger partial charge < -0.3 is 64.5 Å². The van der Waals surface area contributed by atoms with Crippen LogP contribution in [0.25, 0.3) is 0 Å². The fourth-order valence-corrected chi connectivity index (χ4v) is 12.6. The Hall–Kier alpha value is -0.520. The van der Waals surface area contributed by atoms with Gasteiger partial charge in [-0.1, -0.05) is 27.7 Å². The lowest BCUT2D eigenvalue weighted by molar-refractivity contribution is -0.316. The molecule has 4 aliphatic carbocycles. The average molecular weight is 743 g/mol. The summed E-state index contributed by atoms with van der Waals surface area (Å²) < 4.78 is 30.0. The smallest absolute Gasteiger partial charge is 0.186 e. The summed E-state index contributed by atoms with van der Waals surface area (Å²) in [6.45, 7) is 10.6. The molecule has 7 aliphatic rings. The van der Waals surface area contributed by atoms with Gasteiger partial charge in [0.1, 0.15) is 42.7 Å². The molecular weight excluding hydrogens is 676 g/mol. The van der Waals surface area contributed by atoms with Crippen LogP contribution in [0.5, 0.6) is 0 Å². The summed E-state index contributed by atoms with van der Waals surface area (Å²) in [5.41, 5.74) is 0.269. The highest BCUT2D eigenvalue weighted by atomic mass is 16.7. The number of hydrogen-bond donors (Lipinski definition) is 8. The van der Waals surface area contributed by atoms with Gasteiger partial charge >= 0.3 is 0 Å². The maximum Gasteiger partial charge on any atom is 0.186 e. The molecule has 300 valence electrons. The van der Waals surface area contributed by atoms with Crippen LogP contribution < -0.4 is 0 Å². The minimum atomic E-state index is -1.44. The summed E-state index contributed by atoms with van der Waals surface area (Å²) in [4.78, 5) is 0. The third-order valence-electron chi connectivity index (χ3n) is 15.8. The van der Waals surface area contributed by atoms with Crippen LogP contribution in [0.1, 0.15) is 98.8 Å². The number of fused-ring (bicyclic) bond motifs is 7. The predicted octanol–water partition coefficient (Wildman–Crippen LogP) is 1.42. The molecule has 1 unspecified atom stereocenters. The van der Waals surface area contributed by atoms with E-state index in [4.69, 9.17) is 23.7 Å². The Bertz CT molecular complexity index is 1240. The minimum absolute atomic E-state index is 0.0138. The summed E-state index contributed by atoms with van der Waals surface area (Å²) in [6.07, 6.45) is -2.58. The predicted molar refractivity (Wildman–Crippen MR) is 185 cm³/mol. The second kappa shape index (κ2) is 14.8. The molecule has 0 radical (unpaired) electrons. The zero-order valence-corrected chi connectivity index (χ0v) is 31.6. The van der Waals surface area contributed by atoms with Crippen molar-refractivity contribution in [2.45, 2.75) is 178 Å². The first-order chi connectivity index (χ1) is 24.5. The number of hydrogen-bond acceptors (Lipinski definition) is 13. The summed E-state index contributed by atoms with van der Waals surface area (Å²) >= 11 is 0. The van der Waals surface area contributed by atoms with E-state index in [1.54, 1.807) is 6.92 Å². The molecule has 22 atom stereocenters. The number of aliphatic hydroxyl groups is 8. The molecule has 0 aromatic rings. The van der Waals surface area contributed by atoms with Gasteiger partial charge in [0, 0.05) is 12.3 Å². The molecule has 0 aromatic heterocycles. The molecule has 7 fully saturated rings. The number of ether oxygens (including phenoxy) is 5. The number of rotatable bonds is 9. The molecule has 13 nitrogen and oxygen atoms in total. The highest BCUT2D eigenvalue weighted by molar-refractivity contribution is 5.15. The summed E-state index contributed by atoms with van der Waals surface area (Å²) in [7, 11) is 0. The Kier molecular flexibility index (Phi) is 11.3. The Morgan fingerprint density at radius 2 is 1.46 bits per heavy atom. The largest absolute Gasteiger partial charge is 0.394 e. The van der Waals surface area contributed by atoms with Gasteiger partial charge in [-0.05, 0) is 111 Å². The van der Waals surface area contributed by atoms with Crippen molar-refractivity contribution in [2.24, 2.45) is 52.3 Å². The van der Waals surface area contributed by atoms with E-state index in [2.05, 4.69) is 20.8 Å². The first-order valence-electron chi connectivity index (χ1n) is 20.2. The monoisotopic (exact) mass is 742 g/mol. The van der Waals surface area contributed by atoms with Crippen LogP contribution in [0.4, 0.5) is 0 Å². The molecule has 0 aromatic carbocycles. The lowest BCUT2D eigenvalue weighted by atomic mass is 9.44. The molecule has 4 saturated carbocycles. The van der Waals surface area contributed by atoms with E-state index in [1.165, 1.54) is 0 Å². The van der Waals surface area contributed by atoms with Crippen molar-refractivity contribution in [3.8, 4) is 0 Å². The highest BCUT2D eigenvalue weighted by Crippen LogP contribution is 2.71. The zero-order chi connectivity index (χ0) is 37.5. The van der Waals surface area contributed by atoms with Gasteiger partial charge in [0.05, 0.1) is 31.5 Å². The maximum atomic E-state index is 12.0. The van der Waals surface area contributed by atoms with Crippen molar-refractivity contribution < 1.29 is 64.5 Å². The summed E-state index contributed by atoms with van der Waals surface area (Å²) in [6, 6.07) is 0. The van der Waals surface area contributed by atoms with E-state index in [0.29, 0.717) is 36.5 Å². The van der Waals surface area contributed by atoms with Crippen molar-refractivity contribution in [3.63, 3.8) is 0 Å². The standard InChI is InChI=1S/C39H66O13/c1-18(17-48-35-33(45)31(43)29(41)20(3)49-35)8-13-39(47)19(2)28-26(52-39)15-25-23-7-6-21-14-22(9-11-37(21,4)24(23)10-12-38(25,28)5)50-36-34(46)32(44)30(42)27(16-40)51-36/h18-36,40-47H,6-17H2,1-5H3/t18-,19-,20-,21+,22-,23+,24-,25-,26-,27+,28-,29+,30-,31+,32-,33-,34+,35+,36+,37-,38-,39?/m0/s1. The Balaban J connectivity index is 0.934. The van der Waals surface area contributed by atoms with Crippen molar-refractivity contribution in [1.82, 2.24) is 0 Å². The van der Waals surface area contributed by atoms with Gasteiger partial charge in [0.2, 0.25) is 0 Å². The van der Waals surface area contributed by atoms with Gasteiger partial charge in [0.15, 0.2) is 18.4 Å². The molecular formula is C39H66O13. The van der Waals surface area contributed by atoms with Gasteiger partial charge in [-0.2, -0.15) is 0 Å². The Morgan fingerprint density at radius 3 is 2.19 bits per heavy atom. The molecule has 0 amide bonds. The fourth-order valence-electron chi connectivity index (χ4n) is 12.6. The topological polar surface area (TPSA) is 208 Å². The minimum Gasteiger partial charge on any atom is -0.394 e. The normalized spacial score (nSPS) is 56.7. The van der Waals surface area contributed by atoms with Crippen molar-refractivity contribution >= 4 is 0 Å². The van der Waals surface area contributed by atoms with E-state index < -0.39 is 73.8 Å². The van der Waals surface area contributed by atoms with Crippen LogP contribution in [0.15, 0.2) is 0 Å². The first kappa shape index (κ1) is 39.7. The van der Waals surface area contributed by atoms with E-state index in [9.17, 15) is 40.9 Å². The van der Waals surface area contributed by atoms with Crippen LogP contribution in [0.2, 0.25) is 0 Å². The van der Waals surface area contributed by atoms with Crippen LogP contribution in [0, 0.1) is 52.3 Å². The SMILES string of the molecule is C[C@@H](CCC1(O)O[C@H]2C[C@H]3[C@@H]4CC[C@@H]5C[C@@H](O[C@@H]6O[C@H](CO)[C@H](O)[C@H](O)[C@H]6O)CC[C@]5(C)[C@H]4CC[C@]3(C)[C@H]2[C@@H]1C)CO[C@@H]1O[C@@H](C)[C@@H](O)[C@@H](O)[C@@H]1O. The van der Waals surface area contributed by atoms with Crippen LogP contribution in [-0.4, -0.2) is 133 Å². The van der Waals surface area contributed by atoms with Gasteiger partial charge in [-0.15, -0.1) is 0 Å². The van der Waals surface area contributed by atoms with Gasteiger partial charge in [-0.3, -0.25) is 0 Å². The Labute approximate surface area is 307 Å². The van der Waals surface area contributed by atoms with Crippen molar-refractivity contribution in [1.29, 1.82) is 0 Å². The molecule has 8 N–H and O–H groups in total. The second-order valence-electron chi connectivity index (χ2n) is 18.6. The second-order valence-corrected chi connectivity index (χ2v) is 18.6. The maximum absolute atomic E-state index is 12.0. The fraction of sp³-hybridized carbons (Fsp3) is 1.00. The van der Waals surface area contributed by atoms with Gasteiger partial charge in [0.25, 0.3) is 0 Å². The molecule has 52 heavy (non-hydrogen) atoms. The average Bonchev–Trinajstić information content (AvgIpc) is 3.55. The quantitative estimate of drug-likeness (QED) is 0.158. The van der Waals surface area contributed by atoms with Gasteiger partial charge in [-0.25, -0.2) is 0 Å². The Morgan fingerprint density at radius 1 is 0.769 bits per heavy atom. The van der Waals surface area contributed by atoms with Crippen LogP contribution >= 0.6 is 0 Å². The van der Waals surface area contributed by atoms with E-state index >= 15 is 0 Å². The molecule has 3 heterocycles. The zero-order valence-electron chi connectivity index (χ0n) is 31.6. The number of aliphatic hydroxyl groups excluding tert-OH is 7. The highest BCUT2D eigenvalue weighted by Gasteiger charge is 2.68. The van der Waals surface area contributed by atoms with E-state index in [1.807, 2.05) is 6.92 Å². The summed E-state index contributed by atoms with van der Waals surface area (Å²) in [5, 5.41) is 83.0. The molecule has 0 bridgehead atoms. The molecule has 0 spiro atoms. The lowest BCUT2D eigenvalue weighted by Gasteiger charge is -2.61. The third-order valence-corrected chi connectivity index (χ3v) is 15.8. The van der Waals surface area contributed by atoms with Crippen molar-refractivity contribution in [2.75, 3.05) is 13.2 Å². The molecule has 13 heteroatoms.